The van der Waals surface area contributed by atoms with Gasteiger partial charge in [-0.2, -0.15) is 0 Å². The van der Waals surface area contributed by atoms with E-state index in [2.05, 4.69) is 21.3 Å². The molecule has 4 N–H and O–H groups in total. The summed E-state index contributed by atoms with van der Waals surface area (Å²) in [7, 11) is 0. The van der Waals surface area contributed by atoms with E-state index in [0.717, 1.165) is 53.7 Å². The predicted molar refractivity (Wildman–Crippen MR) is 167 cm³/mol. The number of amides is 2. The first-order chi connectivity index (χ1) is 20.1. The van der Waals surface area contributed by atoms with Gasteiger partial charge in [0, 0.05) is 35.6 Å². The Bertz CT molecular complexity index is 1420. The zero-order valence-electron chi connectivity index (χ0n) is 23.5. The monoisotopic (exact) mass is 546 g/mol. The SMILES string of the molecule is CCNC(=O)C(NC1CCC(Nc2ccc(NC(=O)c3ccccc3-c3ccccc3)cc2)CC1)c1ccccc1. The van der Waals surface area contributed by atoms with E-state index >= 15 is 0 Å². The maximum Gasteiger partial charge on any atom is 0.256 e. The highest BCUT2D eigenvalue weighted by Crippen LogP contribution is 2.27. The molecule has 1 fully saturated rings. The van der Waals surface area contributed by atoms with Crippen molar-refractivity contribution in [1.29, 1.82) is 0 Å². The second-order valence-electron chi connectivity index (χ2n) is 10.5. The highest BCUT2D eigenvalue weighted by atomic mass is 16.2. The van der Waals surface area contributed by atoms with Crippen LogP contribution in [0.3, 0.4) is 0 Å². The molecule has 0 aromatic heterocycles. The van der Waals surface area contributed by atoms with Gasteiger partial charge in [-0.3, -0.25) is 14.9 Å². The van der Waals surface area contributed by atoms with E-state index in [-0.39, 0.29) is 23.9 Å². The second kappa shape index (κ2) is 13.8. The van der Waals surface area contributed by atoms with Crippen LogP contribution in [-0.2, 0) is 4.79 Å². The van der Waals surface area contributed by atoms with Crippen molar-refractivity contribution in [3.8, 4) is 11.1 Å². The lowest BCUT2D eigenvalue weighted by molar-refractivity contribution is -0.123. The van der Waals surface area contributed by atoms with Gasteiger partial charge >= 0.3 is 0 Å². The van der Waals surface area contributed by atoms with E-state index in [9.17, 15) is 9.59 Å². The summed E-state index contributed by atoms with van der Waals surface area (Å²) >= 11 is 0. The van der Waals surface area contributed by atoms with Crippen LogP contribution in [0.2, 0.25) is 0 Å². The number of carbonyl (C=O) groups is 2. The Morgan fingerprint density at radius 3 is 1.98 bits per heavy atom. The van der Waals surface area contributed by atoms with Crippen LogP contribution >= 0.6 is 0 Å². The summed E-state index contributed by atoms with van der Waals surface area (Å²) in [5, 5.41) is 13.3. The Balaban J connectivity index is 1.14. The molecule has 2 amide bonds. The lowest BCUT2D eigenvalue weighted by atomic mass is 9.90. The standard InChI is InChI=1S/C35H38N4O2/c1-2-36-35(41)33(26-13-7-4-8-14-26)38-29-21-17-27(18-22-29)37-28-19-23-30(24-20-28)39-34(40)32-16-10-9-15-31(32)25-11-5-3-6-12-25/h3-16,19-20,23-24,27,29,33,37-38H,2,17-18,21-22H2,1H3,(H,36,41)(H,39,40). The molecule has 4 aromatic carbocycles. The fraction of sp³-hybridized carbons (Fsp3) is 0.257. The number of carbonyl (C=O) groups excluding carboxylic acids is 2. The molecule has 4 aromatic rings. The summed E-state index contributed by atoms with van der Waals surface area (Å²) in [5.74, 6) is -0.105. The summed E-state index contributed by atoms with van der Waals surface area (Å²) in [6, 6.07) is 35.8. The molecule has 1 aliphatic carbocycles. The Labute approximate surface area is 242 Å². The lowest BCUT2D eigenvalue weighted by Crippen LogP contribution is -2.44. The molecule has 6 heteroatoms. The molecule has 5 rings (SSSR count). The van der Waals surface area contributed by atoms with Crippen molar-refractivity contribution in [2.75, 3.05) is 17.2 Å². The Morgan fingerprint density at radius 1 is 0.707 bits per heavy atom. The molecule has 41 heavy (non-hydrogen) atoms. The predicted octanol–water partition coefficient (Wildman–Crippen LogP) is 6.80. The fourth-order valence-corrected chi connectivity index (χ4v) is 5.52. The van der Waals surface area contributed by atoms with Crippen LogP contribution in [0.25, 0.3) is 11.1 Å². The highest BCUT2D eigenvalue weighted by molar-refractivity contribution is 6.08. The molecule has 1 saturated carbocycles. The topological polar surface area (TPSA) is 82.3 Å². The zero-order valence-corrected chi connectivity index (χ0v) is 23.5. The Hall–Kier alpha value is -4.42. The van der Waals surface area contributed by atoms with Gasteiger partial charge in [0.05, 0.1) is 0 Å². The number of benzene rings is 4. The van der Waals surface area contributed by atoms with Gasteiger partial charge in [-0.05, 0) is 79.6 Å². The first-order valence-electron chi connectivity index (χ1n) is 14.5. The molecule has 6 nitrogen and oxygen atoms in total. The molecule has 1 aliphatic rings. The number of likely N-dealkylation sites (N-methyl/N-ethyl adjacent to an activating group) is 1. The maximum absolute atomic E-state index is 13.1. The second-order valence-corrected chi connectivity index (χ2v) is 10.5. The zero-order chi connectivity index (χ0) is 28.4. The molecular weight excluding hydrogens is 508 g/mol. The molecule has 0 bridgehead atoms. The molecule has 0 heterocycles. The highest BCUT2D eigenvalue weighted by Gasteiger charge is 2.27. The molecular formula is C35H38N4O2. The number of hydrogen-bond acceptors (Lipinski definition) is 4. The largest absolute Gasteiger partial charge is 0.382 e. The lowest BCUT2D eigenvalue weighted by Gasteiger charge is -2.33. The van der Waals surface area contributed by atoms with Crippen LogP contribution in [0.15, 0.2) is 109 Å². The smallest absolute Gasteiger partial charge is 0.256 e. The first-order valence-corrected chi connectivity index (χ1v) is 14.5. The molecule has 1 atom stereocenters. The van der Waals surface area contributed by atoms with Gasteiger partial charge in [0.25, 0.3) is 5.91 Å². The normalized spacial score (nSPS) is 17.3. The van der Waals surface area contributed by atoms with Crippen molar-refractivity contribution >= 4 is 23.2 Å². The van der Waals surface area contributed by atoms with Crippen LogP contribution in [0, 0.1) is 0 Å². The summed E-state index contributed by atoms with van der Waals surface area (Å²) in [6.07, 6.45) is 4.03. The number of hydrogen-bond donors (Lipinski definition) is 4. The molecule has 210 valence electrons. The minimum absolute atomic E-state index is 0.0229. The van der Waals surface area contributed by atoms with E-state index in [0.29, 0.717) is 18.2 Å². The van der Waals surface area contributed by atoms with Gasteiger partial charge in [-0.25, -0.2) is 0 Å². The van der Waals surface area contributed by atoms with E-state index < -0.39 is 0 Å². The summed E-state index contributed by atoms with van der Waals surface area (Å²) in [4.78, 5) is 25.9. The summed E-state index contributed by atoms with van der Waals surface area (Å²) in [5.41, 5.74) is 5.36. The van der Waals surface area contributed by atoms with Crippen molar-refractivity contribution in [2.45, 2.75) is 50.7 Å². The third kappa shape index (κ3) is 7.41. The van der Waals surface area contributed by atoms with Crippen LogP contribution in [0.4, 0.5) is 11.4 Å². The number of rotatable bonds is 10. The van der Waals surface area contributed by atoms with Crippen molar-refractivity contribution in [3.63, 3.8) is 0 Å². The van der Waals surface area contributed by atoms with Crippen molar-refractivity contribution in [3.05, 3.63) is 120 Å². The molecule has 0 spiro atoms. The number of nitrogens with one attached hydrogen (secondary N) is 4. The van der Waals surface area contributed by atoms with Crippen molar-refractivity contribution in [2.24, 2.45) is 0 Å². The van der Waals surface area contributed by atoms with Crippen LogP contribution in [-0.4, -0.2) is 30.4 Å². The average Bonchev–Trinajstić information content (AvgIpc) is 3.02. The minimum Gasteiger partial charge on any atom is -0.382 e. The average molecular weight is 547 g/mol. The molecule has 1 unspecified atom stereocenters. The molecule has 0 radical (unpaired) electrons. The third-order valence-electron chi connectivity index (χ3n) is 7.65. The molecule has 0 aliphatic heterocycles. The Kier molecular flexibility index (Phi) is 9.45. The van der Waals surface area contributed by atoms with Crippen LogP contribution < -0.4 is 21.3 Å². The van der Waals surface area contributed by atoms with Gasteiger partial charge in [0.15, 0.2) is 0 Å². The summed E-state index contributed by atoms with van der Waals surface area (Å²) < 4.78 is 0. The van der Waals surface area contributed by atoms with Gasteiger partial charge in [0.1, 0.15) is 6.04 Å². The van der Waals surface area contributed by atoms with Crippen LogP contribution in [0.5, 0.6) is 0 Å². The van der Waals surface area contributed by atoms with Gasteiger partial charge in [0.2, 0.25) is 5.91 Å². The third-order valence-corrected chi connectivity index (χ3v) is 7.65. The maximum atomic E-state index is 13.1. The van der Waals surface area contributed by atoms with E-state index in [1.165, 1.54) is 0 Å². The van der Waals surface area contributed by atoms with Gasteiger partial charge in [-0.15, -0.1) is 0 Å². The van der Waals surface area contributed by atoms with Crippen molar-refractivity contribution in [1.82, 2.24) is 10.6 Å². The van der Waals surface area contributed by atoms with E-state index in [4.69, 9.17) is 0 Å². The molecule has 0 saturated heterocycles. The summed E-state index contributed by atoms with van der Waals surface area (Å²) in [6.45, 7) is 2.56. The minimum atomic E-state index is -0.340. The van der Waals surface area contributed by atoms with Crippen molar-refractivity contribution < 1.29 is 9.59 Å². The number of anilines is 2. The van der Waals surface area contributed by atoms with E-state index in [1.54, 1.807) is 0 Å². The van der Waals surface area contributed by atoms with Gasteiger partial charge in [-0.1, -0.05) is 78.9 Å². The van der Waals surface area contributed by atoms with E-state index in [1.807, 2.05) is 116 Å². The quantitative estimate of drug-likeness (QED) is 0.176. The van der Waals surface area contributed by atoms with Crippen LogP contribution in [0.1, 0.15) is 54.6 Å². The van der Waals surface area contributed by atoms with Gasteiger partial charge < -0.3 is 16.0 Å². The first kappa shape index (κ1) is 28.1. The fourth-order valence-electron chi connectivity index (χ4n) is 5.52. The Morgan fingerprint density at radius 2 is 1.29 bits per heavy atom.